The number of rotatable bonds is 5. The molecule has 0 saturated heterocycles. The van der Waals surface area contributed by atoms with Gasteiger partial charge < -0.3 is 4.74 Å². The maximum absolute atomic E-state index is 12.4. The highest BCUT2D eigenvalue weighted by molar-refractivity contribution is 8.18. The van der Waals surface area contributed by atoms with Gasteiger partial charge in [-0.25, -0.2) is 4.90 Å². The molecule has 2 aliphatic heterocycles. The Balaban J connectivity index is 1.49. The number of nitro groups is 1. The molecular weight excluding hydrogens is 438 g/mol. The van der Waals surface area contributed by atoms with Crippen molar-refractivity contribution in [2.75, 3.05) is 6.26 Å². The Kier molecular flexibility index (Phi) is 5.87. The summed E-state index contributed by atoms with van der Waals surface area (Å²) >= 11 is 2.45. The Morgan fingerprint density at radius 1 is 1.26 bits per heavy atom. The van der Waals surface area contributed by atoms with Crippen molar-refractivity contribution < 1.29 is 14.5 Å². The Labute approximate surface area is 185 Å². The second-order valence-electron chi connectivity index (χ2n) is 6.35. The van der Waals surface area contributed by atoms with Crippen LogP contribution in [0.5, 0.6) is 5.75 Å². The fourth-order valence-electron chi connectivity index (χ4n) is 2.93. The quantitative estimate of drug-likeness (QED) is 0.313. The van der Waals surface area contributed by atoms with E-state index in [-0.39, 0.29) is 23.7 Å². The number of thioether (sulfide) groups is 1. The van der Waals surface area contributed by atoms with E-state index in [1.807, 2.05) is 6.26 Å². The molecule has 1 amide bonds. The van der Waals surface area contributed by atoms with Gasteiger partial charge in [0, 0.05) is 6.07 Å². The summed E-state index contributed by atoms with van der Waals surface area (Å²) in [5.74, 6) is 0.0706. The van der Waals surface area contributed by atoms with Crippen LogP contribution in [0.4, 0.5) is 5.69 Å². The van der Waals surface area contributed by atoms with Crippen LogP contribution in [-0.4, -0.2) is 38.2 Å². The number of nitrogens with one attached hydrogen (secondary N) is 1. The van der Waals surface area contributed by atoms with Gasteiger partial charge in [-0.1, -0.05) is 36.0 Å². The lowest BCUT2D eigenvalue weighted by molar-refractivity contribution is -0.385. The number of hydrogen-bond acceptors (Lipinski definition) is 8. The molecule has 4 rings (SSSR count). The van der Waals surface area contributed by atoms with Crippen LogP contribution in [0.25, 0.3) is 6.08 Å². The van der Waals surface area contributed by atoms with Crippen molar-refractivity contribution in [1.82, 2.24) is 4.90 Å². The number of ether oxygens (including phenoxy) is 1. The highest BCUT2D eigenvalue weighted by Gasteiger charge is 2.36. The molecule has 0 atom stereocenters. The molecule has 9 nitrogen and oxygen atoms in total. The molecule has 2 aliphatic rings. The Bertz CT molecular complexity index is 1170. The van der Waals surface area contributed by atoms with Gasteiger partial charge in [-0.2, -0.15) is 9.39 Å². The summed E-state index contributed by atoms with van der Waals surface area (Å²) in [6.45, 7) is 0.0572. The van der Waals surface area contributed by atoms with Crippen LogP contribution >= 0.6 is 23.7 Å². The third-order valence-electron chi connectivity index (χ3n) is 4.45. The summed E-state index contributed by atoms with van der Waals surface area (Å²) in [5, 5.41) is 20.5. The largest absolute Gasteiger partial charge is 0.489 e. The number of carbonyl (C=O) groups excluding carboxylic acids is 1. The molecule has 0 aromatic heterocycles. The number of para-hydroxylation sites is 1. The van der Waals surface area contributed by atoms with Gasteiger partial charge in [0.1, 0.15) is 18.2 Å². The van der Waals surface area contributed by atoms with Crippen molar-refractivity contribution in [2.45, 2.75) is 6.61 Å². The van der Waals surface area contributed by atoms with Gasteiger partial charge >= 0.3 is 0 Å². The maximum atomic E-state index is 12.4. The molecule has 0 unspecified atom stereocenters. The number of aliphatic imine (C=N–C) groups is 1. The summed E-state index contributed by atoms with van der Waals surface area (Å²) in [6, 6.07) is 13.3. The third kappa shape index (κ3) is 4.23. The van der Waals surface area contributed by atoms with Gasteiger partial charge in [-0.05, 0) is 36.1 Å². The second kappa shape index (κ2) is 8.74. The molecule has 31 heavy (non-hydrogen) atoms. The lowest BCUT2D eigenvalue weighted by atomic mass is 10.1. The molecule has 2 heterocycles. The number of carbonyl (C=O) groups is 1. The molecule has 0 radical (unpaired) electrons. The molecule has 0 saturated carbocycles. The van der Waals surface area contributed by atoms with Gasteiger partial charge in [0.2, 0.25) is 5.17 Å². The first kappa shape index (κ1) is 20.8. The molecule has 2 aromatic carbocycles. The van der Waals surface area contributed by atoms with Gasteiger partial charge in [-0.15, -0.1) is 0 Å². The normalized spacial score (nSPS) is 16.8. The fourth-order valence-corrected chi connectivity index (χ4v) is 4.38. The molecule has 1 N–H and O–H groups in total. The molecule has 2 aromatic rings. The highest BCUT2D eigenvalue weighted by Crippen LogP contribution is 2.31. The predicted molar refractivity (Wildman–Crippen MR) is 122 cm³/mol. The lowest BCUT2D eigenvalue weighted by Gasteiger charge is -2.23. The van der Waals surface area contributed by atoms with E-state index >= 15 is 0 Å². The molecule has 11 heteroatoms. The summed E-state index contributed by atoms with van der Waals surface area (Å²) in [7, 11) is 0. The predicted octanol–water partition coefficient (Wildman–Crippen LogP) is 4.11. The molecule has 0 bridgehead atoms. The van der Waals surface area contributed by atoms with Crippen LogP contribution in [0, 0.1) is 15.5 Å². The van der Waals surface area contributed by atoms with Crippen molar-refractivity contribution in [3.63, 3.8) is 0 Å². The van der Waals surface area contributed by atoms with Crippen molar-refractivity contribution in [3.05, 3.63) is 75.3 Å². The van der Waals surface area contributed by atoms with E-state index in [1.165, 1.54) is 17.8 Å². The average Bonchev–Trinajstić information content (AvgIpc) is 3.19. The minimum Gasteiger partial charge on any atom is -0.489 e. The summed E-state index contributed by atoms with van der Waals surface area (Å²) in [6.07, 6.45) is 3.44. The van der Waals surface area contributed by atoms with Crippen LogP contribution in [0.2, 0.25) is 0 Å². The van der Waals surface area contributed by atoms with E-state index in [4.69, 9.17) is 10.1 Å². The van der Waals surface area contributed by atoms with E-state index < -0.39 is 10.8 Å². The molecular formula is C20H15N5O4S2. The van der Waals surface area contributed by atoms with Gasteiger partial charge in [0.15, 0.2) is 5.17 Å². The summed E-state index contributed by atoms with van der Waals surface area (Å²) in [5.41, 5.74) is 1.34. The van der Waals surface area contributed by atoms with Crippen LogP contribution in [0.15, 0.2) is 63.5 Å². The maximum Gasteiger partial charge on any atom is 0.283 e. The summed E-state index contributed by atoms with van der Waals surface area (Å²) < 4.78 is 9.88. The van der Waals surface area contributed by atoms with Crippen molar-refractivity contribution in [2.24, 2.45) is 9.39 Å². The van der Waals surface area contributed by atoms with Crippen molar-refractivity contribution in [3.8, 4) is 5.75 Å². The zero-order valence-corrected chi connectivity index (χ0v) is 17.8. The zero-order chi connectivity index (χ0) is 22.0. The van der Waals surface area contributed by atoms with Crippen LogP contribution < -0.4 is 4.74 Å². The second-order valence-corrected chi connectivity index (χ2v) is 7.86. The first-order chi connectivity index (χ1) is 15.0. The smallest absolute Gasteiger partial charge is 0.283 e. The number of hydrogen-bond donors (Lipinski definition) is 1. The monoisotopic (exact) mass is 453 g/mol. The van der Waals surface area contributed by atoms with Crippen molar-refractivity contribution in [1.29, 1.82) is 5.41 Å². The number of fused-ring (bicyclic) bond motifs is 1. The van der Waals surface area contributed by atoms with Gasteiger partial charge in [0.05, 0.1) is 28.0 Å². The van der Waals surface area contributed by atoms with Crippen LogP contribution in [-0.2, 0) is 11.4 Å². The van der Waals surface area contributed by atoms with Crippen molar-refractivity contribution >= 4 is 57.6 Å². The number of amides is 1. The topological polar surface area (TPSA) is 121 Å². The molecule has 0 fully saturated rings. The number of benzene rings is 2. The number of amidine groups is 3. The van der Waals surface area contributed by atoms with E-state index in [0.717, 1.165) is 11.9 Å². The molecule has 156 valence electrons. The van der Waals surface area contributed by atoms with Gasteiger partial charge in [0.25, 0.3) is 11.6 Å². The number of nitrogens with zero attached hydrogens (tertiary/aromatic N) is 4. The number of nitro benzene ring substituents is 1. The van der Waals surface area contributed by atoms with E-state index in [9.17, 15) is 14.9 Å². The van der Waals surface area contributed by atoms with Crippen LogP contribution in [0.3, 0.4) is 0 Å². The standard InChI is InChI=1S/C20H15N5O4S2/c1-30-20-23-31-19-22-18(26)15(17(21)24(19)20)10-12-6-8-14(9-7-12)29-11-13-4-2-3-5-16(13)25(27)28/h2-10,21H,11H2,1H3/b15-10-,21-17?. The molecule has 0 spiro atoms. The Morgan fingerprint density at radius 3 is 2.71 bits per heavy atom. The SMILES string of the molecule is CSC1=NSC2=NC(=O)/C(=C\c3ccc(OCc4ccccc4[N+](=O)[O-])cc3)C(=N)N12. The Morgan fingerprint density at radius 2 is 2.00 bits per heavy atom. The highest BCUT2D eigenvalue weighted by atomic mass is 32.2. The minimum atomic E-state index is -0.488. The third-order valence-corrected chi connectivity index (χ3v) is 5.91. The first-order valence-electron chi connectivity index (χ1n) is 8.96. The van der Waals surface area contributed by atoms with Crippen LogP contribution in [0.1, 0.15) is 11.1 Å². The van der Waals surface area contributed by atoms with E-state index in [1.54, 1.807) is 53.4 Å². The summed E-state index contributed by atoms with van der Waals surface area (Å²) in [4.78, 5) is 28.6. The fraction of sp³-hybridized carbons (Fsp3) is 0.100. The first-order valence-corrected chi connectivity index (χ1v) is 11.0. The van der Waals surface area contributed by atoms with Gasteiger partial charge in [-0.3, -0.25) is 20.3 Å². The Hall–Kier alpha value is -3.44. The molecule has 0 aliphatic carbocycles. The van der Waals surface area contributed by atoms with E-state index in [0.29, 0.717) is 27.2 Å². The average molecular weight is 454 g/mol. The van der Waals surface area contributed by atoms with E-state index in [2.05, 4.69) is 9.39 Å². The zero-order valence-electron chi connectivity index (χ0n) is 16.1. The lowest BCUT2D eigenvalue weighted by Crippen LogP contribution is -2.41. The minimum absolute atomic E-state index is 0.00586.